The minimum absolute atomic E-state index is 0.179. The third-order valence-corrected chi connectivity index (χ3v) is 6.92. The number of halogens is 2. The number of sulfonamides is 1. The number of carbonyl (C=O) groups excluding carboxylic acids is 1. The SMILES string of the molecule is O=C(NCc1ccc(N2CCCCC2)nc1)c1ccc(NS(=O)(=O)c2ccc(F)c(F)c2)cc1. The standard InChI is InChI=1S/C24H24F2N4O3S/c25-21-10-9-20(14-22(21)26)34(32,33)29-19-7-5-18(6-8-19)24(31)28-16-17-4-11-23(27-15-17)30-12-2-1-3-13-30/h4-11,14-15,29H,1-3,12-13,16H2,(H,28,31). The van der Waals surface area contributed by atoms with Gasteiger partial charge in [0.1, 0.15) is 5.82 Å². The summed E-state index contributed by atoms with van der Waals surface area (Å²) >= 11 is 0. The fourth-order valence-electron chi connectivity index (χ4n) is 3.66. The summed E-state index contributed by atoms with van der Waals surface area (Å²) in [5.41, 5.74) is 1.39. The van der Waals surface area contributed by atoms with E-state index in [1.54, 1.807) is 6.20 Å². The minimum atomic E-state index is -4.11. The van der Waals surface area contributed by atoms with E-state index < -0.39 is 26.6 Å². The molecule has 1 aromatic heterocycles. The van der Waals surface area contributed by atoms with Crippen molar-refractivity contribution in [2.75, 3.05) is 22.7 Å². The van der Waals surface area contributed by atoms with Gasteiger partial charge in [-0.1, -0.05) is 6.07 Å². The summed E-state index contributed by atoms with van der Waals surface area (Å²) in [5.74, 6) is -1.78. The normalized spacial score (nSPS) is 14.0. The van der Waals surface area contributed by atoms with Gasteiger partial charge < -0.3 is 10.2 Å². The molecule has 3 aromatic rings. The van der Waals surface area contributed by atoms with Crippen molar-refractivity contribution < 1.29 is 22.0 Å². The van der Waals surface area contributed by atoms with Crippen molar-refractivity contribution in [3.8, 4) is 0 Å². The number of benzene rings is 2. The van der Waals surface area contributed by atoms with Gasteiger partial charge in [0.05, 0.1) is 4.90 Å². The average Bonchev–Trinajstić information content (AvgIpc) is 2.85. The summed E-state index contributed by atoms with van der Waals surface area (Å²) < 4.78 is 53.5. The van der Waals surface area contributed by atoms with Crippen molar-refractivity contribution in [3.05, 3.63) is 83.6 Å². The molecule has 1 aliphatic rings. The molecule has 4 rings (SSSR count). The van der Waals surface area contributed by atoms with Crippen LogP contribution in [0.3, 0.4) is 0 Å². The second-order valence-corrected chi connectivity index (χ2v) is 9.70. The van der Waals surface area contributed by atoms with Crippen LogP contribution in [0.25, 0.3) is 0 Å². The highest BCUT2D eigenvalue weighted by atomic mass is 32.2. The number of nitrogens with one attached hydrogen (secondary N) is 2. The highest BCUT2D eigenvalue weighted by Crippen LogP contribution is 2.20. The molecule has 1 aliphatic heterocycles. The number of carbonyl (C=O) groups is 1. The van der Waals surface area contributed by atoms with Crippen LogP contribution in [0.1, 0.15) is 35.2 Å². The molecule has 178 valence electrons. The lowest BCUT2D eigenvalue weighted by atomic mass is 10.1. The van der Waals surface area contributed by atoms with Gasteiger partial charge >= 0.3 is 0 Å². The Morgan fingerprint density at radius 1 is 0.941 bits per heavy atom. The van der Waals surface area contributed by atoms with E-state index in [4.69, 9.17) is 0 Å². The first kappa shape index (κ1) is 23.6. The molecule has 0 radical (unpaired) electrons. The Morgan fingerprint density at radius 3 is 2.32 bits per heavy atom. The zero-order valence-corrected chi connectivity index (χ0v) is 19.1. The monoisotopic (exact) mass is 486 g/mol. The topological polar surface area (TPSA) is 91.4 Å². The molecule has 10 heteroatoms. The van der Waals surface area contributed by atoms with Gasteiger partial charge in [-0.05, 0) is 73.4 Å². The van der Waals surface area contributed by atoms with Crippen molar-refractivity contribution in [1.82, 2.24) is 10.3 Å². The smallest absolute Gasteiger partial charge is 0.261 e. The van der Waals surface area contributed by atoms with Crippen LogP contribution in [-0.2, 0) is 16.6 Å². The number of hydrogen-bond donors (Lipinski definition) is 2. The Bertz CT molecular complexity index is 1260. The molecular formula is C24H24F2N4O3S. The van der Waals surface area contributed by atoms with Gasteiger partial charge in [0.2, 0.25) is 0 Å². The molecule has 34 heavy (non-hydrogen) atoms. The average molecular weight is 487 g/mol. The van der Waals surface area contributed by atoms with Crippen LogP contribution in [0.4, 0.5) is 20.3 Å². The van der Waals surface area contributed by atoms with E-state index in [0.717, 1.165) is 36.6 Å². The summed E-state index contributed by atoms with van der Waals surface area (Å²) in [6, 6.07) is 12.0. The number of anilines is 2. The van der Waals surface area contributed by atoms with E-state index in [1.165, 1.54) is 43.5 Å². The molecule has 0 saturated carbocycles. The third-order valence-electron chi connectivity index (χ3n) is 5.54. The molecule has 1 saturated heterocycles. The molecule has 1 fully saturated rings. The lowest BCUT2D eigenvalue weighted by Gasteiger charge is -2.27. The molecule has 0 unspecified atom stereocenters. The Morgan fingerprint density at radius 2 is 1.68 bits per heavy atom. The van der Waals surface area contributed by atoms with Crippen molar-refractivity contribution >= 4 is 27.4 Å². The minimum Gasteiger partial charge on any atom is -0.357 e. The largest absolute Gasteiger partial charge is 0.357 e. The first-order valence-electron chi connectivity index (χ1n) is 10.9. The predicted molar refractivity (Wildman–Crippen MR) is 125 cm³/mol. The second kappa shape index (κ2) is 10.2. The fraction of sp³-hybridized carbons (Fsp3) is 0.250. The molecule has 7 nitrogen and oxygen atoms in total. The molecule has 2 heterocycles. The molecular weight excluding hydrogens is 462 g/mol. The van der Waals surface area contributed by atoms with Crippen molar-refractivity contribution in [3.63, 3.8) is 0 Å². The van der Waals surface area contributed by atoms with E-state index in [2.05, 4.69) is 19.9 Å². The highest BCUT2D eigenvalue weighted by molar-refractivity contribution is 7.92. The van der Waals surface area contributed by atoms with Gasteiger partial charge in [-0.3, -0.25) is 9.52 Å². The Labute approximate surface area is 196 Å². The van der Waals surface area contributed by atoms with Gasteiger partial charge in [-0.2, -0.15) is 0 Å². The molecule has 2 aromatic carbocycles. The van der Waals surface area contributed by atoms with Crippen LogP contribution >= 0.6 is 0 Å². The zero-order chi connectivity index (χ0) is 24.1. The quantitative estimate of drug-likeness (QED) is 0.525. The lowest BCUT2D eigenvalue weighted by molar-refractivity contribution is 0.0951. The van der Waals surface area contributed by atoms with Crippen LogP contribution in [0.15, 0.2) is 65.7 Å². The van der Waals surface area contributed by atoms with E-state index >= 15 is 0 Å². The maximum Gasteiger partial charge on any atom is 0.261 e. The van der Waals surface area contributed by atoms with Gasteiger partial charge in [-0.25, -0.2) is 22.2 Å². The maximum atomic E-state index is 13.4. The third kappa shape index (κ3) is 5.69. The summed E-state index contributed by atoms with van der Waals surface area (Å²) in [4.78, 5) is 18.8. The molecule has 2 N–H and O–H groups in total. The summed E-state index contributed by atoms with van der Waals surface area (Å²) in [6.45, 7) is 2.32. The Kier molecular flexibility index (Phi) is 7.06. The molecule has 0 aliphatic carbocycles. The summed E-state index contributed by atoms with van der Waals surface area (Å²) in [7, 11) is -4.11. The number of aromatic nitrogens is 1. The number of hydrogen-bond acceptors (Lipinski definition) is 5. The van der Waals surface area contributed by atoms with Crippen LogP contribution in [-0.4, -0.2) is 32.4 Å². The number of piperidine rings is 1. The van der Waals surface area contributed by atoms with Gasteiger partial charge in [0, 0.05) is 37.1 Å². The van der Waals surface area contributed by atoms with Gasteiger partial charge in [-0.15, -0.1) is 0 Å². The van der Waals surface area contributed by atoms with Crippen LogP contribution in [0, 0.1) is 11.6 Å². The van der Waals surface area contributed by atoms with E-state index in [1.807, 2.05) is 12.1 Å². The molecule has 0 spiro atoms. The van der Waals surface area contributed by atoms with Crippen LogP contribution in [0.2, 0.25) is 0 Å². The first-order valence-corrected chi connectivity index (χ1v) is 12.4. The maximum absolute atomic E-state index is 13.4. The Hall–Kier alpha value is -3.53. The second-order valence-electron chi connectivity index (χ2n) is 8.01. The van der Waals surface area contributed by atoms with Gasteiger partial charge in [0.15, 0.2) is 11.6 Å². The van der Waals surface area contributed by atoms with Gasteiger partial charge in [0.25, 0.3) is 15.9 Å². The number of pyridine rings is 1. The summed E-state index contributed by atoms with van der Waals surface area (Å²) in [5, 5.41) is 2.81. The zero-order valence-electron chi connectivity index (χ0n) is 18.3. The van der Waals surface area contributed by atoms with Crippen LogP contribution in [0.5, 0.6) is 0 Å². The summed E-state index contributed by atoms with van der Waals surface area (Å²) in [6.07, 6.45) is 5.34. The number of rotatable bonds is 7. The van der Waals surface area contributed by atoms with Crippen LogP contribution < -0.4 is 14.9 Å². The molecule has 0 bridgehead atoms. The van der Waals surface area contributed by atoms with Crippen molar-refractivity contribution in [2.45, 2.75) is 30.7 Å². The van der Waals surface area contributed by atoms with Crippen molar-refractivity contribution in [2.24, 2.45) is 0 Å². The predicted octanol–water partition coefficient (Wildman–Crippen LogP) is 4.08. The number of amides is 1. The van der Waals surface area contributed by atoms with E-state index in [0.29, 0.717) is 18.2 Å². The van der Waals surface area contributed by atoms with E-state index in [9.17, 15) is 22.0 Å². The first-order chi connectivity index (χ1) is 16.3. The van der Waals surface area contributed by atoms with E-state index in [-0.39, 0.29) is 11.6 Å². The lowest BCUT2D eigenvalue weighted by Crippen LogP contribution is -2.30. The Balaban J connectivity index is 1.33. The molecule has 1 amide bonds. The fourth-order valence-corrected chi connectivity index (χ4v) is 4.73. The van der Waals surface area contributed by atoms with Crippen molar-refractivity contribution in [1.29, 1.82) is 0 Å². The number of nitrogens with zero attached hydrogens (tertiary/aromatic N) is 2. The molecule has 0 atom stereocenters. The highest BCUT2D eigenvalue weighted by Gasteiger charge is 2.17.